The Morgan fingerprint density at radius 1 is 0.900 bits per heavy atom. The molecule has 0 saturated heterocycles. The maximum absolute atomic E-state index is 14.0. The number of aromatic amines is 1. The first kappa shape index (κ1) is 24.7. The lowest BCUT2D eigenvalue weighted by Gasteiger charge is -2.46. The molecule has 0 fully saturated rings. The van der Waals surface area contributed by atoms with E-state index in [0.29, 0.717) is 6.61 Å². The highest BCUT2D eigenvalue weighted by Gasteiger charge is 2.41. The highest BCUT2D eigenvalue weighted by atomic mass is 19.1. The van der Waals surface area contributed by atoms with Gasteiger partial charge >= 0.3 is 0 Å². The van der Waals surface area contributed by atoms with E-state index >= 15 is 0 Å². The van der Waals surface area contributed by atoms with E-state index in [1.807, 2.05) is 36.4 Å². The molecule has 0 saturated carbocycles. The molecule has 4 aromatic carbocycles. The van der Waals surface area contributed by atoms with Gasteiger partial charge in [-0.15, -0.1) is 0 Å². The Morgan fingerprint density at radius 2 is 1.73 bits per heavy atom. The van der Waals surface area contributed by atoms with Gasteiger partial charge in [0.05, 0.1) is 20.3 Å². The summed E-state index contributed by atoms with van der Waals surface area (Å²) in [6.07, 6.45) is 1.74. The lowest BCUT2D eigenvalue weighted by atomic mass is 9.80. The molecule has 0 spiro atoms. The van der Waals surface area contributed by atoms with Gasteiger partial charge < -0.3 is 19.2 Å². The number of ether oxygens (including phenoxy) is 3. The molecule has 2 aliphatic rings. The maximum Gasteiger partial charge on any atom is 0.161 e. The van der Waals surface area contributed by atoms with E-state index in [9.17, 15) is 4.39 Å². The number of methoxy groups -OCH3 is 2. The first-order valence-electron chi connectivity index (χ1n) is 13.7. The van der Waals surface area contributed by atoms with Gasteiger partial charge in [-0.25, -0.2) is 4.39 Å². The van der Waals surface area contributed by atoms with E-state index in [0.717, 1.165) is 53.3 Å². The zero-order chi connectivity index (χ0) is 27.2. The lowest BCUT2D eigenvalue weighted by molar-refractivity contribution is 0.127. The topological polar surface area (TPSA) is 46.7 Å². The third-order valence-electron chi connectivity index (χ3n) is 8.40. The molecular formula is C34H31FN2O3. The zero-order valence-electron chi connectivity index (χ0n) is 22.6. The molecule has 40 heavy (non-hydrogen) atoms. The van der Waals surface area contributed by atoms with Crippen molar-refractivity contribution in [3.63, 3.8) is 0 Å². The van der Waals surface area contributed by atoms with Crippen molar-refractivity contribution in [3.8, 4) is 17.2 Å². The fourth-order valence-corrected chi connectivity index (χ4v) is 6.46. The average Bonchev–Trinajstić information content (AvgIpc) is 3.36. The quantitative estimate of drug-likeness (QED) is 0.251. The van der Waals surface area contributed by atoms with E-state index in [4.69, 9.17) is 14.2 Å². The van der Waals surface area contributed by atoms with Crippen molar-refractivity contribution < 1.29 is 18.6 Å². The number of aromatic nitrogens is 1. The second kappa shape index (κ2) is 10.0. The Hall–Kier alpha value is -4.29. The van der Waals surface area contributed by atoms with E-state index in [-0.39, 0.29) is 17.9 Å². The van der Waals surface area contributed by atoms with Crippen LogP contribution in [0.1, 0.15) is 45.6 Å². The molecule has 1 N–H and O–H groups in total. The molecule has 6 heteroatoms. The number of hydrogen-bond acceptors (Lipinski definition) is 4. The summed E-state index contributed by atoms with van der Waals surface area (Å²) in [4.78, 5) is 6.27. The van der Waals surface area contributed by atoms with Crippen LogP contribution in [0.15, 0.2) is 84.9 Å². The normalized spacial score (nSPS) is 18.1. The molecule has 1 aromatic heterocycles. The summed E-state index contributed by atoms with van der Waals surface area (Å²) in [5, 5.41) is 1.17. The molecule has 5 aromatic rings. The highest BCUT2D eigenvalue weighted by molar-refractivity contribution is 5.87. The number of nitrogens with one attached hydrogen (secondary N) is 1. The molecule has 5 nitrogen and oxygen atoms in total. The number of fused-ring (bicyclic) bond motifs is 6. The largest absolute Gasteiger partial charge is 0.497 e. The van der Waals surface area contributed by atoms with Gasteiger partial charge in [-0.3, -0.25) is 4.90 Å². The third-order valence-corrected chi connectivity index (χ3v) is 8.40. The van der Waals surface area contributed by atoms with Crippen LogP contribution in [0.2, 0.25) is 0 Å². The fourth-order valence-electron chi connectivity index (χ4n) is 6.46. The van der Waals surface area contributed by atoms with E-state index in [2.05, 4.69) is 46.3 Å². The SMILES string of the molecule is COc1ccc2[nH]c3c(c2c1)CC1c2cc(OC)c(OCc4ccccc4)cc2CCN1C3c1ccc(F)cc1. The molecule has 0 bridgehead atoms. The maximum atomic E-state index is 14.0. The summed E-state index contributed by atoms with van der Waals surface area (Å²) >= 11 is 0. The Bertz CT molecular complexity index is 1680. The van der Waals surface area contributed by atoms with E-state index in [1.165, 1.54) is 27.8 Å². The molecule has 3 heterocycles. The van der Waals surface area contributed by atoms with Crippen molar-refractivity contribution in [3.05, 3.63) is 124 Å². The Labute approximate surface area is 233 Å². The van der Waals surface area contributed by atoms with E-state index in [1.54, 1.807) is 26.4 Å². The van der Waals surface area contributed by atoms with Gasteiger partial charge in [0.1, 0.15) is 18.2 Å². The number of halogens is 1. The van der Waals surface area contributed by atoms with Crippen LogP contribution < -0.4 is 14.2 Å². The smallest absolute Gasteiger partial charge is 0.161 e. The Morgan fingerprint density at radius 3 is 2.50 bits per heavy atom. The van der Waals surface area contributed by atoms with Crippen LogP contribution in [-0.2, 0) is 19.4 Å². The van der Waals surface area contributed by atoms with Crippen LogP contribution >= 0.6 is 0 Å². The molecule has 2 atom stereocenters. The highest BCUT2D eigenvalue weighted by Crippen LogP contribution is 2.50. The van der Waals surface area contributed by atoms with Gasteiger partial charge in [0, 0.05) is 29.2 Å². The van der Waals surface area contributed by atoms with Crippen LogP contribution in [0.5, 0.6) is 17.2 Å². The molecule has 2 aliphatic heterocycles. The minimum Gasteiger partial charge on any atom is -0.497 e. The van der Waals surface area contributed by atoms with Crippen molar-refractivity contribution >= 4 is 10.9 Å². The number of nitrogens with zero attached hydrogens (tertiary/aromatic N) is 1. The van der Waals surface area contributed by atoms with Crippen LogP contribution in [0.3, 0.4) is 0 Å². The van der Waals surface area contributed by atoms with E-state index < -0.39 is 0 Å². The van der Waals surface area contributed by atoms with Crippen LogP contribution in [0.4, 0.5) is 4.39 Å². The first-order valence-corrected chi connectivity index (χ1v) is 13.7. The second-order valence-corrected chi connectivity index (χ2v) is 10.6. The summed E-state index contributed by atoms with van der Waals surface area (Å²) in [6, 6.07) is 27.7. The zero-order valence-corrected chi connectivity index (χ0v) is 22.6. The summed E-state index contributed by atoms with van der Waals surface area (Å²) in [5.41, 5.74) is 8.26. The van der Waals surface area contributed by atoms with Crippen LogP contribution in [-0.4, -0.2) is 30.6 Å². The second-order valence-electron chi connectivity index (χ2n) is 10.6. The van der Waals surface area contributed by atoms with Crippen molar-refractivity contribution in [1.29, 1.82) is 0 Å². The lowest BCUT2D eigenvalue weighted by Crippen LogP contribution is -2.43. The summed E-state index contributed by atoms with van der Waals surface area (Å²) in [7, 11) is 3.40. The first-order chi connectivity index (χ1) is 19.6. The molecule has 0 radical (unpaired) electrons. The summed E-state index contributed by atoms with van der Waals surface area (Å²) in [5.74, 6) is 2.11. The molecule has 2 unspecified atom stereocenters. The van der Waals surface area contributed by atoms with Crippen LogP contribution in [0.25, 0.3) is 10.9 Å². The number of H-pyrrole nitrogens is 1. The van der Waals surface area contributed by atoms with Crippen LogP contribution in [0, 0.1) is 5.82 Å². The predicted molar refractivity (Wildman–Crippen MR) is 154 cm³/mol. The molecule has 7 rings (SSSR count). The van der Waals surface area contributed by atoms with Gasteiger partial charge in [0.2, 0.25) is 0 Å². The van der Waals surface area contributed by atoms with Gasteiger partial charge in [0.15, 0.2) is 11.5 Å². The summed E-state index contributed by atoms with van der Waals surface area (Å²) in [6.45, 7) is 1.36. The minimum atomic E-state index is -0.227. The third kappa shape index (κ3) is 4.20. The summed E-state index contributed by atoms with van der Waals surface area (Å²) < 4.78 is 31.6. The molecule has 0 amide bonds. The Balaban J connectivity index is 1.32. The standard InChI is InChI=1S/C34H31FN2O3/c1-38-25-12-13-29-27(17-25)28-18-30-26-19-31(39-2)32(40-20-21-6-4-3-5-7-21)16-23(26)14-15-37(30)34(33(28)36-29)22-8-10-24(35)11-9-22/h3-13,16-17,19,30,34,36H,14-15,18,20H2,1-2H3. The van der Waals surface area contributed by atoms with Gasteiger partial charge in [-0.2, -0.15) is 0 Å². The monoisotopic (exact) mass is 534 g/mol. The van der Waals surface area contributed by atoms with Crippen molar-refractivity contribution in [2.45, 2.75) is 31.5 Å². The van der Waals surface area contributed by atoms with Crippen molar-refractivity contribution in [1.82, 2.24) is 9.88 Å². The van der Waals surface area contributed by atoms with Gasteiger partial charge in [-0.1, -0.05) is 42.5 Å². The average molecular weight is 535 g/mol. The molecule has 202 valence electrons. The minimum absolute atomic E-state index is 0.0269. The van der Waals surface area contributed by atoms with Gasteiger partial charge in [0.25, 0.3) is 0 Å². The Kier molecular flexibility index (Phi) is 6.20. The fraction of sp³-hybridized carbons (Fsp3) is 0.235. The molecular weight excluding hydrogens is 503 g/mol. The predicted octanol–water partition coefficient (Wildman–Crippen LogP) is 7.15. The number of benzene rings is 4. The van der Waals surface area contributed by atoms with Crippen molar-refractivity contribution in [2.75, 3.05) is 20.8 Å². The van der Waals surface area contributed by atoms with Gasteiger partial charge in [-0.05, 0) is 83.1 Å². The molecule has 0 aliphatic carbocycles. The number of hydrogen-bond donors (Lipinski definition) is 1. The van der Waals surface area contributed by atoms with Crippen molar-refractivity contribution in [2.24, 2.45) is 0 Å². The number of rotatable bonds is 6.